The summed E-state index contributed by atoms with van der Waals surface area (Å²) < 4.78 is 57.2. The van der Waals surface area contributed by atoms with Gasteiger partial charge in [0.1, 0.15) is 23.0 Å². The van der Waals surface area contributed by atoms with Crippen LogP contribution in [0.1, 0.15) is 11.3 Å². The SMILES string of the molecule is Cc1c(F)cccc1-c1nc2cnn(Cc3ccc(-c4ccc(OC(F)=C(F)F)cc4)nn3)cc-2n1. The van der Waals surface area contributed by atoms with Gasteiger partial charge in [-0.1, -0.05) is 12.1 Å². The van der Waals surface area contributed by atoms with Crippen LogP contribution in [0.5, 0.6) is 5.75 Å². The molecule has 3 heterocycles. The predicted molar refractivity (Wildman–Crippen MR) is 122 cm³/mol. The van der Waals surface area contributed by atoms with Crippen molar-refractivity contribution in [3.63, 3.8) is 0 Å². The first kappa shape index (κ1) is 23.1. The van der Waals surface area contributed by atoms with Gasteiger partial charge in [-0.15, -0.1) is 0 Å². The summed E-state index contributed by atoms with van der Waals surface area (Å²) in [6, 6.07) is 12.2. The molecule has 0 spiro atoms. The molecule has 0 amide bonds. The van der Waals surface area contributed by atoms with Crippen molar-refractivity contribution >= 4 is 0 Å². The summed E-state index contributed by atoms with van der Waals surface area (Å²) in [5, 5.41) is 12.7. The third-order valence-corrected chi connectivity index (χ3v) is 5.37. The van der Waals surface area contributed by atoms with Crippen molar-refractivity contribution in [3.05, 3.63) is 96.2 Å². The average Bonchev–Trinajstić information content (AvgIpc) is 3.30. The van der Waals surface area contributed by atoms with Crippen LogP contribution >= 0.6 is 0 Å². The van der Waals surface area contributed by atoms with E-state index in [-0.39, 0.29) is 11.6 Å². The van der Waals surface area contributed by atoms with Crippen molar-refractivity contribution < 1.29 is 22.3 Å². The zero-order chi connectivity index (χ0) is 25.2. The first-order valence-electron chi connectivity index (χ1n) is 10.6. The number of hydrogen-bond acceptors (Lipinski definition) is 6. The monoisotopic (exact) mass is 492 g/mol. The molecule has 0 N–H and O–H groups in total. The van der Waals surface area contributed by atoms with Crippen molar-refractivity contribution in [2.45, 2.75) is 13.5 Å². The Morgan fingerprint density at radius 1 is 0.889 bits per heavy atom. The molecule has 3 aromatic rings. The molecule has 2 aromatic carbocycles. The van der Waals surface area contributed by atoms with Crippen LogP contribution < -0.4 is 4.74 Å². The van der Waals surface area contributed by atoms with E-state index in [1.165, 1.54) is 18.2 Å². The molecule has 180 valence electrons. The highest BCUT2D eigenvalue weighted by atomic mass is 19.3. The summed E-state index contributed by atoms with van der Waals surface area (Å²) in [5.41, 5.74) is 4.09. The molecule has 0 radical (unpaired) electrons. The maximum atomic E-state index is 13.9. The Labute approximate surface area is 202 Å². The predicted octanol–water partition coefficient (Wildman–Crippen LogP) is 5.81. The summed E-state index contributed by atoms with van der Waals surface area (Å²) >= 11 is 0. The summed E-state index contributed by atoms with van der Waals surface area (Å²) in [5.74, 6) is 0.0348. The molecule has 1 aromatic heterocycles. The van der Waals surface area contributed by atoms with Gasteiger partial charge in [-0.2, -0.15) is 28.5 Å². The maximum Gasteiger partial charge on any atom is 0.344 e. The molecule has 0 aliphatic carbocycles. The van der Waals surface area contributed by atoms with Gasteiger partial charge in [0.25, 0.3) is 0 Å². The van der Waals surface area contributed by atoms with Crippen LogP contribution in [0.25, 0.3) is 34.0 Å². The van der Waals surface area contributed by atoms with Gasteiger partial charge >= 0.3 is 12.1 Å². The van der Waals surface area contributed by atoms with Crippen LogP contribution in [-0.4, -0.2) is 29.9 Å². The van der Waals surface area contributed by atoms with Crippen molar-refractivity contribution in [3.8, 4) is 39.8 Å². The van der Waals surface area contributed by atoms with Gasteiger partial charge in [0.2, 0.25) is 0 Å². The van der Waals surface area contributed by atoms with Crippen LogP contribution in [-0.2, 0) is 6.54 Å². The van der Waals surface area contributed by atoms with Crippen LogP contribution in [0, 0.1) is 12.7 Å². The van der Waals surface area contributed by atoms with E-state index < -0.39 is 12.1 Å². The molecule has 2 aliphatic heterocycles. The Morgan fingerprint density at radius 2 is 1.67 bits per heavy atom. The highest BCUT2D eigenvalue weighted by Crippen LogP contribution is 2.28. The van der Waals surface area contributed by atoms with E-state index in [1.54, 1.807) is 60.4 Å². The molecule has 0 bridgehead atoms. The number of rotatable bonds is 6. The Bertz CT molecular complexity index is 1530. The lowest BCUT2D eigenvalue weighted by Gasteiger charge is -2.07. The van der Waals surface area contributed by atoms with E-state index in [1.807, 2.05) is 0 Å². The van der Waals surface area contributed by atoms with Gasteiger partial charge in [0, 0.05) is 11.1 Å². The first-order chi connectivity index (χ1) is 17.4. The molecule has 5 rings (SSSR count). The Hall–Kier alpha value is -4.67. The number of aromatic nitrogens is 6. The standard InChI is InChI=1S/C25H16F4N6O/c1-14-18(3-2-4-19(14)26)25-31-21-11-30-35(13-22(21)32-25)12-16-7-10-20(34-33-16)15-5-8-17(9-6-15)36-24(29)23(27)28/h2-11,13H,12H2,1H3. The fourth-order valence-corrected chi connectivity index (χ4v) is 3.52. The Balaban J connectivity index is 1.31. The fraction of sp³-hybridized carbons (Fsp3) is 0.0800. The zero-order valence-corrected chi connectivity index (χ0v) is 18.7. The molecule has 36 heavy (non-hydrogen) atoms. The summed E-state index contributed by atoms with van der Waals surface area (Å²) in [4.78, 5) is 8.98. The van der Waals surface area contributed by atoms with E-state index in [0.29, 0.717) is 51.8 Å². The topological polar surface area (TPSA) is 78.6 Å². The lowest BCUT2D eigenvalue weighted by atomic mass is 10.1. The summed E-state index contributed by atoms with van der Waals surface area (Å²) in [6.45, 7) is 2.00. The van der Waals surface area contributed by atoms with E-state index in [4.69, 9.17) is 0 Å². The van der Waals surface area contributed by atoms with Gasteiger partial charge in [0.15, 0.2) is 5.82 Å². The van der Waals surface area contributed by atoms with Crippen molar-refractivity contribution in [2.75, 3.05) is 0 Å². The molecular weight excluding hydrogens is 476 g/mol. The minimum absolute atomic E-state index is 0.0715. The number of fused-ring (bicyclic) bond motifs is 1. The number of ether oxygens (including phenoxy) is 1. The first-order valence-corrected chi connectivity index (χ1v) is 10.6. The number of nitrogens with zero attached hydrogens (tertiary/aromatic N) is 6. The van der Waals surface area contributed by atoms with Gasteiger partial charge in [0.05, 0.1) is 30.3 Å². The molecule has 11 heteroatoms. The largest absolute Gasteiger partial charge is 0.428 e. The molecule has 0 atom stereocenters. The summed E-state index contributed by atoms with van der Waals surface area (Å²) in [7, 11) is 0. The molecule has 0 fully saturated rings. The normalized spacial score (nSPS) is 11.0. The second-order valence-corrected chi connectivity index (χ2v) is 7.77. The second-order valence-electron chi connectivity index (χ2n) is 7.77. The second kappa shape index (κ2) is 9.53. The van der Waals surface area contributed by atoms with Gasteiger partial charge in [-0.05, 0) is 55.0 Å². The van der Waals surface area contributed by atoms with Crippen LogP contribution in [0.15, 0.2) is 79.1 Å². The quantitative estimate of drug-likeness (QED) is 0.220. The van der Waals surface area contributed by atoms with Crippen molar-refractivity contribution in [2.24, 2.45) is 0 Å². The minimum atomic E-state index is -2.53. The smallest absolute Gasteiger partial charge is 0.344 e. The Kier molecular flexibility index (Phi) is 6.11. The molecular formula is C25H16F4N6O. The number of hydrogen-bond donors (Lipinski definition) is 0. The van der Waals surface area contributed by atoms with E-state index in [9.17, 15) is 17.6 Å². The van der Waals surface area contributed by atoms with Crippen LogP contribution in [0.3, 0.4) is 0 Å². The molecule has 0 saturated heterocycles. The van der Waals surface area contributed by atoms with E-state index in [0.717, 1.165) is 0 Å². The minimum Gasteiger partial charge on any atom is -0.428 e. The Morgan fingerprint density at radius 3 is 2.39 bits per heavy atom. The van der Waals surface area contributed by atoms with Gasteiger partial charge in [-0.3, -0.25) is 4.68 Å². The highest BCUT2D eigenvalue weighted by molar-refractivity contribution is 5.67. The third-order valence-electron chi connectivity index (χ3n) is 5.37. The number of imidazole rings is 1. The maximum absolute atomic E-state index is 13.9. The van der Waals surface area contributed by atoms with Crippen molar-refractivity contribution in [1.82, 2.24) is 29.9 Å². The van der Waals surface area contributed by atoms with Crippen molar-refractivity contribution in [1.29, 1.82) is 0 Å². The molecule has 0 unspecified atom stereocenters. The van der Waals surface area contributed by atoms with Gasteiger partial charge < -0.3 is 4.74 Å². The van der Waals surface area contributed by atoms with E-state index >= 15 is 0 Å². The highest BCUT2D eigenvalue weighted by Gasteiger charge is 2.16. The van der Waals surface area contributed by atoms with E-state index in [2.05, 4.69) is 30.0 Å². The number of halogens is 4. The lowest BCUT2D eigenvalue weighted by Crippen LogP contribution is -2.07. The molecule has 0 saturated carbocycles. The van der Waals surface area contributed by atoms with Gasteiger partial charge in [-0.25, -0.2) is 14.4 Å². The lowest BCUT2D eigenvalue weighted by molar-refractivity contribution is 0.241. The van der Waals surface area contributed by atoms with Crippen LogP contribution in [0.2, 0.25) is 0 Å². The third kappa shape index (κ3) is 4.76. The average molecular weight is 492 g/mol. The molecule has 7 nitrogen and oxygen atoms in total. The number of benzene rings is 2. The fourth-order valence-electron chi connectivity index (χ4n) is 3.52. The van der Waals surface area contributed by atoms with Crippen LogP contribution in [0.4, 0.5) is 17.6 Å². The molecule has 2 aliphatic rings. The summed E-state index contributed by atoms with van der Waals surface area (Å²) in [6.07, 6.45) is 0.779. The zero-order valence-electron chi connectivity index (χ0n) is 18.7.